The van der Waals surface area contributed by atoms with Gasteiger partial charge in [0.1, 0.15) is 107 Å². The van der Waals surface area contributed by atoms with Crippen molar-refractivity contribution in [3.63, 3.8) is 0 Å². The molecule has 16 N–H and O–H groups in total. The molecule has 10 heterocycles. The molecule has 30 nitrogen and oxygen atoms in total. The average Bonchev–Trinajstić information content (AvgIpc) is 4.41. The van der Waals surface area contributed by atoms with Gasteiger partial charge in [-0.2, -0.15) is 5.10 Å². The second kappa shape index (κ2) is 29.1. The summed E-state index contributed by atoms with van der Waals surface area (Å²) in [6, 6.07) is 1.78. The zero-order valence-electron chi connectivity index (χ0n) is 44.5. The van der Waals surface area contributed by atoms with Crippen molar-refractivity contribution in [1.29, 1.82) is 0 Å². The second-order valence-corrected chi connectivity index (χ2v) is 24.1. The quantitative estimate of drug-likeness (QED) is 0.0399. The van der Waals surface area contributed by atoms with E-state index in [4.69, 9.17) is 19.3 Å². The van der Waals surface area contributed by atoms with E-state index < -0.39 is 111 Å². The van der Waals surface area contributed by atoms with Gasteiger partial charge in [0.2, 0.25) is 11.6 Å². The second-order valence-electron chi connectivity index (χ2n) is 19.0. The fourth-order valence-electron chi connectivity index (χ4n) is 8.49. The van der Waals surface area contributed by atoms with E-state index in [2.05, 4.69) is 61.0 Å². The van der Waals surface area contributed by atoms with Gasteiger partial charge in [0.05, 0.1) is 86.1 Å². The molecule has 0 aromatic carbocycles. The first-order valence-electron chi connectivity index (χ1n) is 25.5. The molecule has 0 unspecified atom stereocenters. The van der Waals surface area contributed by atoms with Crippen molar-refractivity contribution in [2.75, 3.05) is 55.4 Å². The number of thiazole rings is 5. The van der Waals surface area contributed by atoms with Crippen LogP contribution in [0.2, 0.25) is 0 Å². The van der Waals surface area contributed by atoms with Crippen molar-refractivity contribution >= 4 is 89.4 Å². The van der Waals surface area contributed by atoms with Crippen molar-refractivity contribution in [2.24, 2.45) is 0 Å². The minimum Gasteiger partial charge on any atom is -0.394 e. The highest BCUT2D eigenvalue weighted by molar-refractivity contribution is 7.21. The van der Waals surface area contributed by atoms with Gasteiger partial charge < -0.3 is 91.4 Å². The predicted octanol–water partition coefficient (Wildman–Crippen LogP) is -1.77. The summed E-state index contributed by atoms with van der Waals surface area (Å²) in [6.07, 6.45) is -7.24. The third kappa shape index (κ3) is 15.1. The summed E-state index contributed by atoms with van der Waals surface area (Å²) < 4.78 is 16.3. The van der Waals surface area contributed by atoms with E-state index in [0.717, 1.165) is 28.4 Å². The number of ketones is 3. The third-order valence-corrected chi connectivity index (χ3v) is 18.5. The molecule has 0 saturated carbocycles. The van der Waals surface area contributed by atoms with Crippen molar-refractivity contribution in [2.45, 2.75) is 112 Å². The third-order valence-electron chi connectivity index (χ3n) is 13.2. The first-order valence-corrected chi connectivity index (χ1v) is 29.6. The van der Waals surface area contributed by atoms with Crippen LogP contribution in [0, 0.1) is 13.8 Å². The number of Topliss-reactive ketones (excluding diaryl/α,β-unsaturated/α-hetero) is 1. The number of aromatic amines is 1. The highest BCUT2D eigenvalue weighted by atomic mass is 32.1. The molecule has 0 spiro atoms. The number of anilines is 3. The lowest BCUT2D eigenvalue weighted by Gasteiger charge is -2.40. The van der Waals surface area contributed by atoms with Crippen LogP contribution in [0.15, 0.2) is 49.4 Å². The van der Waals surface area contributed by atoms with Gasteiger partial charge in [-0.3, -0.25) is 29.5 Å². The van der Waals surface area contributed by atoms with E-state index in [0.29, 0.717) is 66.9 Å². The van der Waals surface area contributed by atoms with Gasteiger partial charge in [-0.05, 0) is 19.9 Å². The van der Waals surface area contributed by atoms with Crippen LogP contribution in [0.25, 0.3) is 21.4 Å². The Balaban J connectivity index is 0.000000168. The first-order chi connectivity index (χ1) is 40.2. The van der Waals surface area contributed by atoms with Crippen molar-refractivity contribution < 1.29 is 89.9 Å². The molecule has 0 aliphatic carbocycles. The van der Waals surface area contributed by atoms with Gasteiger partial charge >= 0.3 is 0 Å². The largest absolute Gasteiger partial charge is 0.394 e. The number of aliphatic hydroxyl groups excluding tert-OH is 12. The Hall–Kier alpha value is -5.75. The van der Waals surface area contributed by atoms with E-state index >= 15 is 0 Å². The number of rotatable bonds is 19. The van der Waals surface area contributed by atoms with Crippen molar-refractivity contribution in [1.82, 2.24) is 45.1 Å². The number of ether oxygens (including phenoxy) is 3. The SMILES string of the molecule is CC(=O)c1cnc(NC[C@H]2O[C@H](CO)[C@@H](O)[C@H](O)[C@@H]2O)s1.Cc1nc(-c2ccn[nH]2)sc1C(=O)c1cnc(NC[C@H]2O[C@H](CO)[C@@H](O)[C@H](O)[C@@H]2O)s1.Cc1nc(-c2cnccn2)sc1C(=O)c1cnc(NC[C@H]2O[C@H](CO)[C@@H](O)[C@H](O)[C@@H]2O)s1. The van der Waals surface area contributed by atoms with E-state index in [9.17, 15) is 70.6 Å². The Labute approximate surface area is 496 Å². The van der Waals surface area contributed by atoms with Gasteiger partial charge in [-0.15, -0.1) is 22.7 Å². The van der Waals surface area contributed by atoms with E-state index in [1.165, 1.54) is 59.5 Å². The van der Waals surface area contributed by atoms with Crippen LogP contribution >= 0.6 is 56.7 Å². The first kappa shape index (κ1) is 64.3. The van der Waals surface area contributed by atoms with Gasteiger partial charge in [-0.1, -0.05) is 34.0 Å². The maximum Gasteiger partial charge on any atom is 0.216 e. The standard InChI is InChI=1S/C19H21N5O6S2.C18H21N5O6S2.C12H18N2O6S/c1-8-17(32-18(24-8)9-4-20-2-3-21-9)15(28)12-6-23-19(31-12)22-5-10-13(26)16(29)14(27)11(7-25)30-10;1-7-16(31-17(22-7)8-2-3-21-23-8)14(27)11-5-20-18(30-11)19-4-9-12(25)15(28)13(26)10(6-24)29-9;1-5(16)8-3-14-12(21-8)13-2-6-9(17)11(19)10(18)7(4-15)20-6/h2-4,6,10-11,13-14,16,25-27,29H,5,7H2,1H3,(H,22,23);2-3,5,9-10,12-13,15,24-26,28H,4,6H2,1H3,(H,19,20)(H,21,23);3,6-7,9-11,15,17-19H,2,4H2,1H3,(H,13,14)/t10-,11-,13-,14-,16-;9-,10-,12-,13-,15-;6-,7-,9-,10-,11-/m111/s1. The van der Waals surface area contributed by atoms with Crippen LogP contribution in [0.5, 0.6) is 0 Å². The number of aliphatic hydroxyl groups is 12. The van der Waals surface area contributed by atoms with Crippen LogP contribution in [0.3, 0.4) is 0 Å². The molecule has 84 heavy (non-hydrogen) atoms. The number of aryl methyl sites for hydroxylation is 2. The van der Waals surface area contributed by atoms with E-state index in [-0.39, 0.29) is 37.0 Å². The minimum absolute atomic E-state index is 0.0546. The number of nitrogens with one attached hydrogen (secondary N) is 4. The van der Waals surface area contributed by atoms with Gasteiger partial charge in [-0.25, -0.2) is 24.9 Å². The Kier molecular flexibility index (Phi) is 22.3. The van der Waals surface area contributed by atoms with E-state index in [1.807, 2.05) is 0 Å². The van der Waals surface area contributed by atoms with Gasteiger partial charge in [0.25, 0.3) is 0 Å². The zero-order chi connectivity index (χ0) is 60.5. The molecule has 3 fully saturated rings. The molecule has 0 bridgehead atoms. The highest BCUT2D eigenvalue weighted by Gasteiger charge is 2.45. The van der Waals surface area contributed by atoms with Crippen molar-refractivity contribution in [3.8, 4) is 21.4 Å². The molecule has 3 aliphatic heterocycles. The summed E-state index contributed by atoms with van der Waals surface area (Å²) in [7, 11) is 0. The number of nitrogens with zero attached hydrogens (tertiary/aromatic N) is 8. The Morgan fingerprint density at radius 2 is 0.893 bits per heavy atom. The normalized spacial score (nSPS) is 27.6. The molecule has 7 aromatic rings. The van der Waals surface area contributed by atoms with Crippen molar-refractivity contribution in [3.05, 3.63) is 85.2 Å². The maximum atomic E-state index is 13.0. The maximum absolute atomic E-state index is 13.0. The lowest BCUT2D eigenvalue weighted by Crippen LogP contribution is -2.60. The molecule has 0 radical (unpaired) electrons. The molecule has 15 atom stereocenters. The van der Waals surface area contributed by atoms with Crippen LogP contribution in [0.1, 0.15) is 57.1 Å². The number of aromatic nitrogens is 9. The molecule has 35 heteroatoms. The van der Waals surface area contributed by atoms with Crippen LogP contribution in [-0.2, 0) is 14.2 Å². The molecule has 7 aromatic heterocycles. The summed E-state index contributed by atoms with van der Waals surface area (Å²) in [5.74, 6) is -0.499. The predicted molar refractivity (Wildman–Crippen MR) is 302 cm³/mol. The number of H-pyrrole nitrogens is 1. The summed E-state index contributed by atoms with van der Waals surface area (Å²) >= 11 is 5.93. The molecule has 454 valence electrons. The fraction of sp³-hybridized carbons (Fsp3) is 0.490. The summed E-state index contributed by atoms with van der Waals surface area (Å²) in [4.78, 5) is 68.8. The average molecular weight is 1270 g/mol. The molecule has 3 saturated heterocycles. The number of hydrogen-bond acceptors (Lipinski definition) is 34. The van der Waals surface area contributed by atoms with Gasteiger partial charge in [0, 0.05) is 45.1 Å². The Morgan fingerprint density at radius 3 is 1.26 bits per heavy atom. The van der Waals surface area contributed by atoms with Crippen LogP contribution in [-0.4, -0.2) is 255 Å². The molecular weight excluding hydrogens is 1200 g/mol. The summed E-state index contributed by atoms with van der Waals surface area (Å²) in [6.45, 7) is 3.74. The summed E-state index contributed by atoms with van der Waals surface area (Å²) in [5.41, 5.74) is 2.53. The molecule has 3 aliphatic rings. The Bertz CT molecular complexity index is 3250. The topological polar surface area (TPSA) is 477 Å². The molecule has 10 rings (SSSR count). The highest BCUT2D eigenvalue weighted by Crippen LogP contribution is 2.33. The zero-order valence-corrected chi connectivity index (χ0v) is 48.5. The fourth-order valence-corrected chi connectivity index (χ4v) is 12.9. The van der Waals surface area contributed by atoms with Gasteiger partial charge in [0.15, 0.2) is 21.2 Å². The van der Waals surface area contributed by atoms with Crippen LogP contribution in [0.4, 0.5) is 15.4 Å². The Morgan fingerprint density at radius 1 is 0.500 bits per heavy atom. The minimum atomic E-state index is -1.45. The monoisotopic (exact) mass is 1260 g/mol. The smallest absolute Gasteiger partial charge is 0.216 e. The number of carbonyl (C=O) groups is 3. The summed E-state index contributed by atoms with van der Waals surface area (Å²) in [5, 5.41) is 135. The van der Waals surface area contributed by atoms with Crippen LogP contribution < -0.4 is 16.0 Å². The lowest BCUT2D eigenvalue weighted by molar-refractivity contribution is -0.225. The molecular formula is C49H60N12O18S5. The number of hydrogen-bond donors (Lipinski definition) is 16. The molecule has 0 amide bonds. The van der Waals surface area contributed by atoms with E-state index in [1.54, 1.807) is 44.7 Å². The number of carbonyl (C=O) groups excluding carboxylic acids is 3. The lowest BCUT2D eigenvalue weighted by atomic mass is 9.95.